The molecule has 0 amide bonds. The predicted octanol–water partition coefficient (Wildman–Crippen LogP) is -4.59. The fraction of sp³-hybridized carbons (Fsp3) is 0.333. The topological polar surface area (TPSA) is 0 Å². The van der Waals surface area contributed by atoms with Crippen LogP contribution in [0.3, 0.4) is 0 Å². The van der Waals surface area contributed by atoms with Gasteiger partial charge >= 0.3 is 115 Å². The molecule has 0 saturated carbocycles. The van der Waals surface area contributed by atoms with E-state index in [1.807, 2.05) is 0 Å². The van der Waals surface area contributed by atoms with Crippen LogP contribution in [0.15, 0.2) is 52.4 Å². The van der Waals surface area contributed by atoms with Crippen LogP contribution in [-0.4, -0.2) is 19.5 Å². The molecule has 0 saturated heterocycles. The number of rotatable bonds is 5. The second-order valence-corrected chi connectivity index (χ2v) is 9.76. The van der Waals surface area contributed by atoms with Crippen LogP contribution in [0.25, 0.3) is 0 Å². The Morgan fingerprint density at radius 2 is 1.75 bits per heavy atom. The summed E-state index contributed by atoms with van der Waals surface area (Å²) in [6.45, 7) is 4.80. The molecule has 0 nitrogen and oxygen atoms in total. The molecule has 1 aliphatic rings. The van der Waals surface area contributed by atoms with Crippen LogP contribution < -0.4 is 37.2 Å². The third-order valence-electron chi connectivity index (χ3n) is 2.88. The van der Waals surface area contributed by atoms with Crippen molar-refractivity contribution >= 4 is 7.92 Å². The molecule has 5 heteroatoms. The summed E-state index contributed by atoms with van der Waals surface area (Å²) in [6, 6.07) is 11.1. The number of hydrogen-bond donors (Lipinski definition) is 0. The Kier molecular flexibility index (Phi) is 14.1. The number of hydrogen-bond acceptors (Lipinski definition) is 0. The molecule has 1 aromatic rings. The summed E-state index contributed by atoms with van der Waals surface area (Å²) in [5.74, 6) is 0. The third kappa shape index (κ3) is 7.65. The van der Waals surface area contributed by atoms with Gasteiger partial charge in [0.1, 0.15) is 0 Å². The van der Waals surface area contributed by atoms with E-state index in [2.05, 4.69) is 61.9 Å². The zero-order valence-corrected chi connectivity index (χ0v) is 16.4. The van der Waals surface area contributed by atoms with Crippen molar-refractivity contribution in [3.8, 4) is 0 Å². The first-order chi connectivity index (χ1) is 8.25. The Morgan fingerprint density at radius 3 is 2.25 bits per heavy atom. The minimum absolute atomic E-state index is 0. The molecular weight excluding hydrogens is 365 g/mol. The van der Waals surface area contributed by atoms with Crippen molar-refractivity contribution in [2.24, 2.45) is 0 Å². The van der Waals surface area contributed by atoms with E-state index in [0.29, 0.717) is 0 Å². The van der Waals surface area contributed by atoms with Gasteiger partial charge in [-0.25, -0.2) is 0 Å². The molecule has 20 heavy (non-hydrogen) atoms. The molecule has 1 aliphatic carbocycles. The van der Waals surface area contributed by atoms with E-state index in [9.17, 15) is 0 Å². The maximum Gasteiger partial charge on any atom is -1.00 e. The summed E-state index contributed by atoms with van der Waals surface area (Å²) in [4.78, 5) is 0. The fourth-order valence-electron chi connectivity index (χ4n) is 2.06. The van der Waals surface area contributed by atoms with Crippen LogP contribution in [0.4, 0.5) is 0 Å². The van der Waals surface area contributed by atoms with Crippen LogP contribution in [0.5, 0.6) is 0 Å². The summed E-state index contributed by atoms with van der Waals surface area (Å²) < 4.78 is 2.55. The van der Waals surface area contributed by atoms with Crippen molar-refractivity contribution in [3.05, 3.63) is 58.0 Å². The van der Waals surface area contributed by atoms with Gasteiger partial charge in [0, 0.05) is 0 Å². The molecule has 1 atom stereocenters. The van der Waals surface area contributed by atoms with Gasteiger partial charge < -0.3 is 37.2 Å². The Morgan fingerprint density at radius 1 is 1.10 bits per heavy atom. The smallest absolute Gasteiger partial charge is 1.00 e. The maximum atomic E-state index is 2.40. The van der Waals surface area contributed by atoms with Gasteiger partial charge in [0.2, 0.25) is 0 Å². The van der Waals surface area contributed by atoms with Crippen LogP contribution in [0.1, 0.15) is 16.2 Å². The Labute approximate surface area is 151 Å². The second-order valence-electron chi connectivity index (χ2n) is 4.69. The first-order valence-electron chi connectivity index (χ1n) is 6.07. The van der Waals surface area contributed by atoms with E-state index in [-0.39, 0.29) is 64.3 Å². The molecular formula is C15H19Cl3PTi. The van der Waals surface area contributed by atoms with E-state index in [1.54, 1.807) is 9.44 Å². The third-order valence-corrected chi connectivity index (χ3v) is 7.05. The Balaban J connectivity index is 0. The Bertz CT molecular complexity index is 418. The fourth-order valence-corrected chi connectivity index (χ4v) is 7.16. The molecule has 1 unspecified atom stereocenters. The van der Waals surface area contributed by atoms with Crippen LogP contribution in [-0.2, 0) is 19.2 Å². The van der Waals surface area contributed by atoms with E-state index in [0.717, 1.165) is 4.22 Å². The normalized spacial score (nSPS) is 13.4. The van der Waals surface area contributed by atoms with Crippen LogP contribution in [0, 0.1) is 0 Å². The monoisotopic (exact) mass is 383 g/mol. The molecule has 1 aromatic carbocycles. The quantitative estimate of drug-likeness (QED) is 0.354. The number of allylic oxidation sites excluding steroid dienone is 4. The summed E-state index contributed by atoms with van der Waals surface area (Å²) in [6.07, 6.45) is 9.48. The molecule has 0 aromatic heterocycles. The largest absolute Gasteiger partial charge is 1.00 e. The SMILES string of the molecule is CP(C)C[CH]([Ti+3][C]1=CC=CC1)c1ccccc1.[Cl-].[Cl-].[Cl-]. The molecule has 0 N–H and O–H groups in total. The van der Waals surface area contributed by atoms with Crippen LogP contribution in [0.2, 0.25) is 0 Å². The average Bonchev–Trinajstić information content (AvgIpc) is 2.82. The van der Waals surface area contributed by atoms with Gasteiger partial charge in [-0.1, -0.05) is 0 Å². The Hall–Kier alpha value is 0.714. The predicted molar refractivity (Wildman–Crippen MR) is 74.7 cm³/mol. The molecule has 0 fully saturated rings. The summed E-state index contributed by atoms with van der Waals surface area (Å²) in [5.41, 5.74) is 1.57. The van der Waals surface area contributed by atoms with E-state index in [4.69, 9.17) is 0 Å². The van der Waals surface area contributed by atoms with Crippen molar-refractivity contribution in [2.45, 2.75) is 10.6 Å². The van der Waals surface area contributed by atoms with Gasteiger partial charge in [-0.05, 0) is 0 Å². The molecule has 2 rings (SSSR count). The van der Waals surface area contributed by atoms with Crippen LogP contribution >= 0.6 is 7.92 Å². The number of benzene rings is 1. The van der Waals surface area contributed by atoms with Gasteiger partial charge in [0.15, 0.2) is 0 Å². The van der Waals surface area contributed by atoms with Crippen molar-refractivity contribution in [1.29, 1.82) is 0 Å². The van der Waals surface area contributed by atoms with Gasteiger partial charge in [0.05, 0.1) is 0 Å². The zero-order chi connectivity index (χ0) is 12.1. The van der Waals surface area contributed by atoms with E-state index < -0.39 is 0 Å². The first-order valence-corrected chi connectivity index (χ1v) is 10.2. The first kappa shape index (κ1) is 23.0. The van der Waals surface area contributed by atoms with E-state index >= 15 is 0 Å². The van der Waals surface area contributed by atoms with E-state index in [1.165, 1.54) is 12.6 Å². The summed E-state index contributed by atoms with van der Waals surface area (Å²) in [7, 11) is 0.200. The number of halogens is 3. The maximum absolute atomic E-state index is 2.40. The van der Waals surface area contributed by atoms with Gasteiger partial charge in [-0.2, -0.15) is 0 Å². The summed E-state index contributed by atoms with van der Waals surface area (Å²) >= 11 is 0.0113. The van der Waals surface area contributed by atoms with Crippen molar-refractivity contribution in [3.63, 3.8) is 0 Å². The van der Waals surface area contributed by atoms with Gasteiger partial charge in [0.25, 0.3) is 0 Å². The van der Waals surface area contributed by atoms with Crippen molar-refractivity contribution in [2.75, 3.05) is 19.5 Å². The van der Waals surface area contributed by atoms with Crippen molar-refractivity contribution < 1.29 is 56.4 Å². The minimum atomic E-state index is 0. The second kappa shape index (κ2) is 12.3. The molecule has 0 aliphatic heterocycles. The molecule has 0 spiro atoms. The average molecular weight is 385 g/mol. The van der Waals surface area contributed by atoms with Gasteiger partial charge in [-0.15, -0.1) is 0 Å². The molecule has 0 radical (unpaired) electrons. The van der Waals surface area contributed by atoms with Crippen molar-refractivity contribution in [1.82, 2.24) is 0 Å². The standard InChI is InChI=1S/C10H14P.C5H5.3ClH.Ti/c1-11(2)9-8-10-6-4-3-5-7-10;1-2-4-5-3-1;;;;/h3-8H,9H2,1-2H3;1-3H,4H2;3*1H;/q;;;;;+3/p-3. The molecule has 109 valence electrons. The molecule has 0 heterocycles. The van der Waals surface area contributed by atoms with Gasteiger partial charge in [-0.3, -0.25) is 0 Å². The summed E-state index contributed by atoms with van der Waals surface area (Å²) in [5, 5.41) is 0. The molecule has 0 bridgehead atoms. The zero-order valence-electron chi connectivity index (χ0n) is 11.7. The minimum Gasteiger partial charge on any atom is -1.00 e.